The van der Waals surface area contributed by atoms with Crippen LogP contribution >= 0.6 is 11.6 Å². The number of aromatic nitrogens is 1. The summed E-state index contributed by atoms with van der Waals surface area (Å²) in [4.78, 5) is 24.7. The van der Waals surface area contributed by atoms with Gasteiger partial charge in [-0.25, -0.2) is 4.98 Å². The number of rotatable bonds is 9. The maximum atomic E-state index is 14.8. The highest BCUT2D eigenvalue weighted by molar-refractivity contribution is 6.37. The summed E-state index contributed by atoms with van der Waals surface area (Å²) in [6.07, 6.45) is 2.61. The van der Waals surface area contributed by atoms with E-state index < -0.39 is 17.3 Å². The van der Waals surface area contributed by atoms with Crippen molar-refractivity contribution >= 4 is 28.4 Å². The average Bonchev–Trinajstić information content (AvgIpc) is 3.90. The molecule has 10 heteroatoms. The van der Waals surface area contributed by atoms with Gasteiger partial charge in [-0.05, 0) is 108 Å². The van der Waals surface area contributed by atoms with E-state index in [-0.39, 0.29) is 22.6 Å². The molecule has 1 saturated carbocycles. The third-order valence-electron chi connectivity index (χ3n) is 10.5. The van der Waals surface area contributed by atoms with Gasteiger partial charge in [0.1, 0.15) is 10.8 Å². The standard InChI is InChI=1S/C40H44ClF3N4O2/c1-26(2)50-33-15-14-31-34(38(49)46-39(18-19-39)28-11-5-3-6-12-28)32(25-47-22-16-30(17-23-47)48-20-7-4-8-21-48)36(45-37(31)35(33)41)27-10-9-13-29(24-27)40(42,43)44/h3,5-6,9-15,24,26,30H,4,7-8,16-23,25H2,1-2H3,(H,46,49). The average molecular weight is 705 g/mol. The van der Waals surface area contributed by atoms with Gasteiger partial charge in [0.25, 0.3) is 5.91 Å². The Balaban J connectivity index is 1.36. The van der Waals surface area contributed by atoms with Gasteiger partial charge in [-0.2, -0.15) is 13.2 Å². The number of hydrogen-bond acceptors (Lipinski definition) is 5. The number of nitrogens with one attached hydrogen (secondary N) is 1. The molecule has 0 radical (unpaired) electrons. The molecule has 1 aliphatic carbocycles. The molecule has 1 amide bonds. The highest BCUT2D eigenvalue weighted by Crippen LogP contribution is 2.47. The fourth-order valence-corrected chi connectivity index (χ4v) is 8.01. The van der Waals surface area contributed by atoms with Crippen LogP contribution in [0.3, 0.4) is 0 Å². The molecule has 1 aromatic heterocycles. The van der Waals surface area contributed by atoms with Crippen LogP contribution < -0.4 is 10.1 Å². The zero-order valence-corrected chi connectivity index (χ0v) is 29.4. The van der Waals surface area contributed by atoms with Crippen LogP contribution in [-0.2, 0) is 18.3 Å². The lowest BCUT2D eigenvalue weighted by atomic mass is 9.93. The minimum Gasteiger partial charge on any atom is -0.489 e. The van der Waals surface area contributed by atoms with Crippen molar-refractivity contribution in [2.75, 3.05) is 26.2 Å². The summed E-state index contributed by atoms with van der Waals surface area (Å²) in [5, 5.41) is 4.12. The number of likely N-dealkylation sites (tertiary alicyclic amines) is 2. The van der Waals surface area contributed by atoms with Crippen LogP contribution in [0.1, 0.15) is 85.8 Å². The van der Waals surface area contributed by atoms with Crippen molar-refractivity contribution in [2.24, 2.45) is 0 Å². The van der Waals surface area contributed by atoms with Gasteiger partial charge in [-0.15, -0.1) is 0 Å². The number of alkyl halides is 3. The van der Waals surface area contributed by atoms with Gasteiger partial charge in [-0.1, -0.05) is 60.5 Å². The number of pyridine rings is 1. The first-order chi connectivity index (χ1) is 24.0. The van der Waals surface area contributed by atoms with Gasteiger partial charge in [0.2, 0.25) is 0 Å². The largest absolute Gasteiger partial charge is 0.489 e. The van der Waals surface area contributed by atoms with Crippen molar-refractivity contribution in [1.29, 1.82) is 0 Å². The molecule has 264 valence electrons. The molecule has 3 fully saturated rings. The van der Waals surface area contributed by atoms with E-state index in [0.29, 0.717) is 46.1 Å². The molecule has 6 nitrogen and oxygen atoms in total. The van der Waals surface area contributed by atoms with Gasteiger partial charge >= 0.3 is 6.18 Å². The lowest BCUT2D eigenvalue weighted by Crippen LogP contribution is -2.46. The molecule has 1 N–H and O–H groups in total. The molecule has 3 aromatic carbocycles. The Kier molecular flexibility index (Phi) is 9.85. The second kappa shape index (κ2) is 14.2. The first-order valence-corrected chi connectivity index (χ1v) is 18.2. The van der Waals surface area contributed by atoms with Crippen molar-refractivity contribution in [3.05, 3.63) is 94.0 Å². The number of carbonyl (C=O) groups excluding carboxylic acids is 1. The van der Waals surface area contributed by atoms with Gasteiger partial charge in [0, 0.05) is 29.1 Å². The molecule has 50 heavy (non-hydrogen) atoms. The molecule has 0 unspecified atom stereocenters. The van der Waals surface area contributed by atoms with Crippen molar-refractivity contribution in [1.82, 2.24) is 20.1 Å². The monoisotopic (exact) mass is 704 g/mol. The highest BCUT2D eigenvalue weighted by atomic mass is 35.5. The molecule has 4 aromatic rings. The summed E-state index contributed by atoms with van der Waals surface area (Å²) in [6, 6.07) is 19.2. The van der Waals surface area contributed by atoms with E-state index in [9.17, 15) is 18.0 Å². The quantitative estimate of drug-likeness (QED) is 0.188. The van der Waals surface area contributed by atoms with Crippen LogP contribution in [0.2, 0.25) is 5.02 Å². The zero-order chi connectivity index (χ0) is 35.0. The second-order valence-corrected chi connectivity index (χ2v) is 14.7. The molecule has 3 aliphatic rings. The van der Waals surface area contributed by atoms with Gasteiger partial charge in [0.15, 0.2) is 0 Å². The summed E-state index contributed by atoms with van der Waals surface area (Å²) < 4.78 is 48.2. The Morgan fingerprint density at radius 2 is 1.70 bits per heavy atom. The van der Waals surface area contributed by atoms with E-state index in [1.165, 1.54) is 25.3 Å². The molecule has 2 aliphatic heterocycles. The summed E-state index contributed by atoms with van der Waals surface area (Å²) in [6.45, 7) is 8.04. The van der Waals surface area contributed by atoms with Gasteiger partial charge < -0.3 is 15.0 Å². The van der Waals surface area contributed by atoms with Crippen LogP contribution in [0.4, 0.5) is 13.2 Å². The maximum absolute atomic E-state index is 14.8. The van der Waals surface area contributed by atoms with Crippen molar-refractivity contribution in [3.63, 3.8) is 0 Å². The van der Waals surface area contributed by atoms with Crippen LogP contribution in [0, 0.1) is 0 Å². The van der Waals surface area contributed by atoms with Gasteiger partial charge in [-0.3, -0.25) is 9.69 Å². The normalized spacial score (nSPS) is 18.8. The smallest absolute Gasteiger partial charge is 0.416 e. The second-order valence-electron chi connectivity index (χ2n) is 14.3. The Morgan fingerprint density at radius 3 is 2.36 bits per heavy atom. The Labute approximate surface area is 297 Å². The number of amides is 1. The number of nitrogens with zero attached hydrogens (tertiary/aromatic N) is 3. The predicted octanol–water partition coefficient (Wildman–Crippen LogP) is 9.23. The van der Waals surface area contributed by atoms with E-state index in [1.54, 1.807) is 12.1 Å². The Hall–Kier alpha value is -3.66. The fourth-order valence-electron chi connectivity index (χ4n) is 7.75. The third-order valence-corrected chi connectivity index (χ3v) is 10.9. The zero-order valence-electron chi connectivity index (χ0n) is 28.7. The summed E-state index contributed by atoms with van der Waals surface area (Å²) in [5.41, 5.74) is 1.64. The van der Waals surface area contributed by atoms with Crippen LogP contribution in [0.15, 0.2) is 66.7 Å². The first-order valence-electron chi connectivity index (χ1n) is 17.9. The number of benzene rings is 3. The minimum absolute atomic E-state index is 0.177. The van der Waals surface area contributed by atoms with Crippen molar-refractivity contribution < 1.29 is 22.7 Å². The fraction of sp³-hybridized carbons (Fsp3) is 0.450. The number of fused-ring (bicyclic) bond motifs is 1. The van der Waals surface area contributed by atoms with E-state index >= 15 is 0 Å². The lowest BCUT2D eigenvalue weighted by Gasteiger charge is -2.40. The molecular formula is C40H44ClF3N4O2. The Morgan fingerprint density at radius 1 is 0.980 bits per heavy atom. The topological polar surface area (TPSA) is 57.7 Å². The van der Waals surface area contributed by atoms with Crippen LogP contribution in [-0.4, -0.2) is 59.0 Å². The first kappa shape index (κ1) is 34.8. The van der Waals surface area contributed by atoms with E-state index in [4.69, 9.17) is 21.3 Å². The molecular weight excluding hydrogens is 661 g/mol. The van der Waals surface area contributed by atoms with Crippen molar-refractivity contribution in [3.8, 4) is 17.0 Å². The summed E-state index contributed by atoms with van der Waals surface area (Å²) in [5.74, 6) is 0.109. The molecule has 0 atom stereocenters. The minimum atomic E-state index is -4.55. The third kappa shape index (κ3) is 7.23. The molecule has 7 rings (SSSR count). The van der Waals surface area contributed by atoms with E-state index in [2.05, 4.69) is 15.1 Å². The molecule has 0 bridgehead atoms. The number of piperidine rings is 2. The molecule has 3 heterocycles. The molecule has 0 spiro atoms. The number of hydrogen-bond donors (Lipinski definition) is 1. The lowest BCUT2D eigenvalue weighted by molar-refractivity contribution is -0.137. The van der Waals surface area contributed by atoms with Crippen LogP contribution in [0.5, 0.6) is 5.75 Å². The summed E-state index contributed by atoms with van der Waals surface area (Å²) >= 11 is 6.99. The molecule has 2 saturated heterocycles. The highest BCUT2D eigenvalue weighted by Gasteiger charge is 2.46. The SMILES string of the molecule is CC(C)Oc1ccc2c(C(=O)NC3(c4ccccc4)CC3)c(CN3CCC(N4CCCCC4)CC3)c(-c3cccc(C(F)(F)F)c3)nc2c1Cl. The summed E-state index contributed by atoms with van der Waals surface area (Å²) in [7, 11) is 0. The van der Waals surface area contributed by atoms with Crippen LogP contribution in [0.25, 0.3) is 22.2 Å². The predicted molar refractivity (Wildman–Crippen MR) is 191 cm³/mol. The number of ether oxygens (including phenoxy) is 1. The van der Waals surface area contributed by atoms with E-state index in [1.807, 2.05) is 50.2 Å². The maximum Gasteiger partial charge on any atom is 0.416 e. The number of halogens is 4. The van der Waals surface area contributed by atoms with E-state index in [0.717, 1.165) is 69.6 Å². The Bertz CT molecular complexity index is 1850. The van der Waals surface area contributed by atoms with Crippen molar-refractivity contribution in [2.45, 2.75) is 89.2 Å². The number of carbonyl (C=O) groups is 1. The van der Waals surface area contributed by atoms with Gasteiger partial charge in [0.05, 0.1) is 34.0 Å².